The molecule has 0 saturated carbocycles. The summed E-state index contributed by atoms with van der Waals surface area (Å²) in [6.07, 6.45) is 17.0. The van der Waals surface area contributed by atoms with Crippen LogP contribution in [0.25, 0.3) is 0 Å². The van der Waals surface area contributed by atoms with Crippen molar-refractivity contribution in [2.45, 2.75) is 111 Å². The number of carbonyl (C=O) groups is 1. The molecule has 0 bridgehead atoms. The Morgan fingerprint density at radius 2 is 1.18 bits per heavy atom. The molecule has 4 heteroatoms. The monoisotopic (exact) mass is 400 g/mol. The molecule has 0 atom stereocenters. The Bertz CT molecular complexity index is 318. The Balaban J connectivity index is 3.15. The van der Waals surface area contributed by atoms with Crippen molar-refractivity contribution in [2.75, 3.05) is 33.0 Å². The van der Waals surface area contributed by atoms with Crippen LogP contribution in [0.2, 0.25) is 0 Å². The van der Waals surface area contributed by atoms with Crippen LogP contribution in [0, 0.1) is 5.92 Å². The van der Waals surface area contributed by atoms with Gasteiger partial charge in [-0.05, 0) is 18.8 Å². The number of unbranched alkanes of at least 4 members (excludes halogenated alkanes) is 11. The zero-order valence-electron chi connectivity index (χ0n) is 19.1. The minimum absolute atomic E-state index is 0.0947. The number of rotatable bonds is 22. The number of ether oxygens (including phenoxy) is 3. The molecule has 0 spiro atoms. The van der Waals surface area contributed by atoms with E-state index in [-0.39, 0.29) is 5.97 Å². The summed E-state index contributed by atoms with van der Waals surface area (Å²) in [6, 6.07) is 0. The van der Waals surface area contributed by atoms with Gasteiger partial charge in [0.15, 0.2) is 0 Å². The Morgan fingerprint density at radius 1 is 0.643 bits per heavy atom. The van der Waals surface area contributed by atoms with Crippen molar-refractivity contribution in [3.05, 3.63) is 0 Å². The topological polar surface area (TPSA) is 44.8 Å². The predicted octanol–water partition coefficient (Wildman–Crippen LogP) is 6.70. The molecule has 28 heavy (non-hydrogen) atoms. The minimum atomic E-state index is -0.0947. The van der Waals surface area contributed by atoms with Gasteiger partial charge in [0.25, 0.3) is 0 Å². The molecular formula is C24H48O4. The molecule has 0 radical (unpaired) electrons. The van der Waals surface area contributed by atoms with E-state index in [9.17, 15) is 4.79 Å². The van der Waals surface area contributed by atoms with E-state index in [4.69, 9.17) is 14.2 Å². The standard InChI is InChI=1S/C24H48O4/c1-4-5-6-7-8-9-10-11-12-13-14-15-19-28-24(25)17-16-18-26-20-21-27-22-23(2)3/h23H,4-22H2,1-3H3. The van der Waals surface area contributed by atoms with E-state index >= 15 is 0 Å². The minimum Gasteiger partial charge on any atom is -0.466 e. The second kappa shape index (κ2) is 22.7. The summed E-state index contributed by atoms with van der Waals surface area (Å²) < 4.78 is 16.2. The van der Waals surface area contributed by atoms with Crippen LogP contribution < -0.4 is 0 Å². The van der Waals surface area contributed by atoms with Crippen LogP contribution >= 0.6 is 0 Å². The number of hydrogen-bond donors (Lipinski definition) is 0. The largest absolute Gasteiger partial charge is 0.466 e. The summed E-state index contributed by atoms with van der Waals surface area (Å²) >= 11 is 0. The quantitative estimate of drug-likeness (QED) is 0.150. The molecular weight excluding hydrogens is 352 g/mol. The average molecular weight is 401 g/mol. The van der Waals surface area contributed by atoms with Gasteiger partial charge < -0.3 is 14.2 Å². The van der Waals surface area contributed by atoms with Gasteiger partial charge in [-0.3, -0.25) is 4.79 Å². The van der Waals surface area contributed by atoms with Crippen LogP contribution in [0.15, 0.2) is 0 Å². The van der Waals surface area contributed by atoms with Crippen molar-refractivity contribution in [2.24, 2.45) is 5.92 Å². The summed E-state index contributed by atoms with van der Waals surface area (Å²) in [6.45, 7) is 9.69. The van der Waals surface area contributed by atoms with Gasteiger partial charge in [0, 0.05) is 19.6 Å². The van der Waals surface area contributed by atoms with E-state index in [2.05, 4.69) is 20.8 Å². The molecule has 168 valence electrons. The normalized spacial score (nSPS) is 11.3. The Kier molecular flexibility index (Phi) is 22.2. The SMILES string of the molecule is CCCCCCCCCCCCCCOC(=O)CCCOCCOCC(C)C. The van der Waals surface area contributed by atoms with Crippen molar-refractivity contribution < 1.29 is 19.0 Å². The van der Waals surface area contributed by atoms with Crippen LogP contribution in [0.1, 0.15) is 111 Å². The average Bonchev–Trinajstić information content (AvgIpc) is 2.67. The highest BCUT2D eigenvalue weighted by Crippen LogP contribution is 2.12. The van der Waals surface area contributed by atoms with Crippen LogP contribution in [-0.4, -0.2) is 39.0 Å². The third kappa shape index (κ3) is 23.4. The first kappa shape index (κ1) is 27.4. The lowest BCUT2D eigenvalue weighted by Crippen LogP contribution is -2.10. The maximum atomic E-state index is 11.7. The van der Waals surface area contributed by atoms with E-state index in [0.717, 1.165) is 19.4 Å². The fourth-order valence-electron chi connectivity index (χ4n) is 3.06. The van der Waals surface area contributed by atoms with Crippen molar-refractivity contribution >= 4 is 5.97 Å². The third-order valence-corrected chi connectivity index (χ3v) is 4.75. The molecule has 0 N–H and O–H groups in total. The maximum Gasteiger partial charge on any atom is 0.305 e. The van der Waals surface area contributed by atoms with Crippen molar-refractivity contribution in [1.29, 1.82) is 0 Å². The Morgan fingerprint density at radius 3 is 1.75 bits per heavy atom. The molecule has 0 aliphatic heterocycles. The predicted molar refractivity (Wildman–Crippen MR) is 118 cm³/mol. The fourth-order valence-corrected chi connectivity index (χ4v) is 3.06. The fraction of sp³-hybridized carbons (Fsp3) is 0.958. The summed E-state index contributed by atoms with van der Waals surface area (Å²) in [4.78, 5) is 11.7. The van der Waals surface area contributed by atoms with Crippen LogP contribution in [0.4, 0.5) is 0 Å². The van der Waals surface area contributed by atoms with Gasteiger partial charge in [0.05, 0.1) is 19.8 Å². The molecule has 0 amide bonds. The lowest BCUT2D eigenvalue weighted by atomic mass is 10.1. The van der Waals surface area contributed by atoms with E-state index in [1.165, 1.54) is 70.6 Å². The van der Waals surface area contributed by atoms with E-state index in [0.29, 0.717) is 38.8 Å². The van der Waals surface area contributed by atoms with Gasteiger partial charge in [-0.15, -0.1) is 0 Å². The summed E-state index contributed by atoms with van der Waals surface area (Å²) in [5, 5.41) is 0. The number of hydrogen-bond acceptors (Lipinski definition) is 4. The maximum absolute atomic E-state index is 11.7. The molecule has 0 aliphatic carbocycles. The number of carbonyl (C=O) groups excluding carboxylic acids is 1. The molecule has 0 aromatic rings. The van der Waals surface area contributed by atoms with Crippen molar-refractivity contribution in [3.8, 4) is 0 Å². The molecule has 4 nitrogen and oxygen atoms in total. The first-order valence-corrected chi connectivity index (χ1v) is 12.0. The van der Waals surface area contributed by atoms with Crippen LogP contribution in [0.5, 0.6) is 0 Å². The van der Waals surface area contributed by atoms with Gasteiger partial charge in [-0.1, -0.05) is 91.4 Å². The van der Waals surface area contributed by atoms with Gasteiger partial charge >= 0.3 is 5.97 Å². The summed E-state index contributed by atoms with van der Waals surface area (Å²) in [7, 11) is 0. The Labute approximate surface area is 175 Å². The zero-order valence-corrected chi connectivity index (χ0v) is 19.1. The zero-order chi connectivity index (χ0) is 20.7. The van der Waals surface area contributed by atoms with E-state index in [1.54, 1.807) is 0 Å². The van der Waals surface area contributed by atoms with Gasteiger partial charge in [-0.25, -0.2) is 0 Å². The summed E-state index contributed by atoms with van der Waals surface area (Å²) in [5.41, 5.74) is 0. The van der Waals surface area contributed by atoms with Crippen LogP contribution in [0.3, 0.4) is 0 Å². The summed E-state index contributed by atoms with van der Waals surface area (Å²) in [5.74, 6) is 0.461. The molecule has 0 aromatic carbocycles. The molecule has 0 saturated heterocycles. The van der Waals surface area contributed by atoms with Gasteiger partial charge in [0.1, 0.15) is 0 Å². The second-order valence-corrected chi connectivity index (χ2v) is 8.29. The number of esters is 1. The molecule has 0 heterocycles. The first-order chi connectivity index (χ1) is 13.7. The molecule has 0 aromatic heterocycles. The van der Waals surface area contributed by atoms with Crippen LogP contribution in [-0.2, 0) is 19.0 Å². The molecule has 0 rings (SSSR count). The van der Waals surface area contributed by atoms with Crippen molar-refractivity contribution in [3.63, 3.8) is 0 Å². The Hall–Kier alpha value is -0.610. The lowest BCUT2D eigenvalue weighted by molar-refractivity contribution is -0.144. The van der Waals surface area contributed by atoms with Gasteiger partial charge in [0.2, 0.25) is 0 Å². The van der Waals surface area contributed by atoms with E-state index < -0.39 is 0 Å². The van der Waals surface area contributed by atoms with Gasteiger partial charge in [-0.2, -0.15) is 0 Å². The highest BCUT2D eigenvalue weighted by atomic mass is 16.5. The smallest absolute Gasteiger partial charge is 0.305 e. The molecule has 0 unspecified atom stereocenters. The van der Waals surface area contributed by atoms with E-state index in [1.807, 2.05) is 0 Å². The third-order valence-electron chi connectivity index (χ3n) is 4.75. The van der Waals surface area contributed by atoms with Crippen molar-refractivity contribution in [1.82, 2.24) is 0 Å². The second-order valence-electron chi connectivity index (χ2n) is 8.29. The first-order valence-electron chi connectivity index (χ1n) is 12.0. The highest BCUT2D eigenvalue weighted by Gasteiger charge is 2.02. The molecule has 0 fully saturated rings. The lowest BCUT2D eigenvalue weighted by Gasteiger charge is -2.08. The molecule has 0 aliphatic rings. The highest BCUT2D eigenvalue weighted by molar-refractivity contribution is 5.69.